The maximum absolute atomic E-state index is 13.4. The minimum atomic E-state index is -3.56. The number of halogens is 2. The van der Waals surface area contributed by atoms with E-state index >= 15 is 0 Å². The van der Waals surface area contributed by atoms with Gasteiger partial charge < -0.3 is 10.2 Å². The number of nitrogens with one attached hydrogen (secondary N) is 1. The Labute approximate surface area is 231 Å². The molecular formula is C27H37Cl2N3O4S. The van der Waals surface area contributed by atoms with Crippen molar-refractivity contribution in [3.05, 3.63) is 63.1 Å². The summed E-state index contributed by atoms with van der Waals surface area (Å²) in [6, 6.07) is 9.91. The standard InChI is InChI=1S/C27H37Cl2N3O4S/c1-18-13-19(2)15-22(14-18)32(37(7,35)36)12-8-9-25(33)31(20(3)26(34)30-27(4,5)6)17-21-10-11-23(28)24(29)16-21/h10-11,13-16,20H,8-9,12,17H2,1-7H3,(H,30,34)/t20-/m0/s1. The first-order valence-corrected chi connectivity index (χ1v) is 14.7. The number of amides is 2. The minimum Gasteiger partial charge on any atom is -0.350 e. The number of hydrogen-bond donors (Lipinski definition) is 1. The number of rotatable bonds is 10. The van der Waals surface area contributed by atoms with Crippen LogP contribution in [0.1, 0.15) is 57.2 Å². The molecular weight excluding hydrogens is 533 g/mol. The second kappa shape index (κ2) is 12.5. The molecule has 1 atom stereocenters. The lowest BCUT2D eigenvalue weighted by Crippen LogP contribution is -2.52. The summed E-state index contributed by atoms with van der Waals surface area (Å²) in [5, 5.41) is 3.67. The Kier molecular flexibility index (Phi) is 10.5. The van der Waals surface area contributed by atoms with Gasteiger partial charge >= 0.3 is 0 Å². The van der Waals surface area contributed by atoms with Gasteiger partial charge in [0.05, 0.1) is 22.0 Å². The number of anilines is 1. The summed E-state index contributed by atoms with van der Waals surface area (Å²) < 4.78 is 26.4. The van der Waals surface area contributed by atoms with Gasteiger partial charge in [-0.15, -0.1) is 0 Å². The van der Waals surface area contributed by atoms with E-state index in [0.717, 1.165) is 22.9 Å². The largest absolute Gasteiger partial charge is 0.350 e. The van der Waals surface area contributed by atoms with Crippen LogP contribution in [0.15, 0.2) is 36.4 Å². The van der Waals surface area contributed by atoms with Gasteiger partial charge in [0.25, 0.3) is 0 Å². The van der Waals surface area contributed by atoms with E-state index in [2.05, 4.69) is 5.32 Å². The molecule has 0 spiro atoms. The van der Waals surface area contributed by atoms with Gasteiger partial charge in [-0.25, -0.2) is 8.42 Å². The quantitative estimate of drug-likeness (QED) is 0.410. The number of aryl methyl sites for hydroxylation is 2. The van der Waals surface area contributed by atoms with E-state index in [1.165, 1.54) is 9.21 Å². The van der Waals surface area contributed by atoms with Crippen molar-refractivity contribution in [2.24, 2.45) is 0 Å². The molecule has 0 heterocycles. The van der Waals surface area contributed by atoms with Gasteiger partial charge in [-0.3, -0.25) is 13.9 Å². The highest BCUT2D eigenvalue weighted by atomic mass is 35.5. The molecule has 0 aliphatic rings. The van der Waals surface area contributed by atoms with E-state index in [4.69, 9.17) is 23.2 Å². The van der Waals surface area contributed by atoms with Crippen LogP contribution in [0, 0.1) is 13.8 Å². The fourth-order valence-electron chi connectivity index (χ4n) is 3.99. The topological polar surface area (TPSA) is 86.8 Å². The van der Waals surface area contributed by atoms with Crippen LogP contribution in [-0.4, -0.2) is 49.5 Å². The smallest absolute Gasteiger partial charge is 0.242 e. The van der Waals surface area contributed by atoms with Gasteiger partial charge in [-0.05, 0) is 88.9 Å². The first kappa shape index (κ1) is 30.9. The lowest BCUT2D eigenvalue weighted by atomic mass is 10.1. The predicted molar refractivity (Wildman–Crippen MR) is 152 cm³/mol. The summed E-state index contributed by atoms with van der Waals surface area (Å²) in [7, 11) is -3.56. The highest BCUT2D eigenvalue weighted by Gasteiger charge is 2.29. The Balaban J connectivity index is 2.24. The maximum Gasteiger partial charge on any atom is 0.242 e. The van der Waals surface area contributed by atoms with Crippen LogP contribution in [0.4, 0.5) is 5.69 Å². The monoisotopic (exact) mass is 569 g/mol. The van der Waals surface area contributed by atoms with Crippen LogP contribution >= 0.6 is 23.2 Å². The van der Waals surface area contributed by atoms with Crippen molar-refractivity contribution in [1.29, 1.82) is 0 Å². The van der Waals surface area contributed by atoms with Crippen LogP contribution in [0.5, 0.6) is 0 Å². The number of sulfonamides is 1. The molecule has 0 radical (unpaired) electrons. The van der Waals surface area contributed by atoms with E-state index in [-0.39, 0.29) is 37.7 Å². The van der Waals surface area contributed by atoms with Crippen LogP contribution in [-0.2, 0) is 26.2 Å². The number of benzene rings is 2. The zero-order valence-electron chi connectivity index (χ0n) is 22.6. The zero-order valence-corrected chi connectivity index (χ0v) is 24.9. The van der Waals surface area contributed by atoms with E-state index in [0.29, 0.717) is 15.7 Å². The highest BCUT2D eigenvalue weighted by Crippen LogP contribution is 2.25. The third-order valence-electron chi connectivity index (χ3n) is 5.65. The van der Waals surface area contributed by atoms with Gasteiger partial charge in [-0.1, -0.05) is 35.3 Å². The first-order valence-electron chi connectivity index (χ1n) is 12.1. The number of nitrogens with zero attached hydrogens (tertiary/aromatic N) is 2. The maximum atomic E-state index is 13.4. The van der Waals surface area contributed by atoms with Crippen molar-refractivity contribution < 1.29 is 18.0 Å². The molecule has 2 amide bonds. The van der Waals surface area contributed by atoms with Crippen LogP contribution in [0.3, 0.4) is 0 Å². The van der Waals surface area contributed by atoms with Crippen molar-refractivity contribution in [2.75, 3.05) is 17.1 Å². The summed E-state index contributed by atoms with van der Waals surface area (Å²) in [6.07, 6.45) is 1.50. The second-order valence-corrected chi connectivity index (χ2v) is 13.2. The third-order valence-corrected chi connectivity index (χ3v) is 7.58. The molecule has 0 aliphatic heterocycles. The molecule has 0 saturated carbocycles. The lowest BCUT2D eigenvalue weighted by Gasteiger charge is -2.32. The molecule has 0 bridgehead atoms. The fourth-order valence-corrected chi connectivity index (χ4v) is 5.26. The first-order chi connectivity index (χ1) is 17.0. The summed E-state index contributed by atoms with van der Waals surface area (Å²) in [5.74, 6) is -0.551. The Morgan fingerprint density at radius 2 is 1.59 bits per heavy atom. The average molecular weight is 571 g/mol. The molecule has 10 heteroatoms. The molecule has 37 heavy (non-hydrogen) atoms. The molecule has 7 nitrogen and oxygen atoms in total. The minimum absolute atomic E-state index is 0.0608. The van der Waals surface area contributed by atoms with Crippen LogP contribution < -0.4 is 9.62 Å². The SMILES string of the molecule is Cc1cc(C)cc(N(CCCC(=O)N(Cc2ccc(Cl)c(Cl)c2)[C@@H](C)C(=O)NC(C)(C)C)S(C)(=O)=O)c1. The number of carbonyl (C=O) groups excluding carboxylic acids is 2. The number of carbonyl (C=O) groups is 2. The molecule has 2 aromatic carbocycles. The number of hydrogen-bond acceptors (Lipinski definition) is 4. The third kappa shape index (κ3) is 9.51. The molecule has 1 N–H and O–H groups in total. The predicted octanol–water partition coefficient (Wildman–Crippen LogP) is 5.49. The molecule has 2 rings (SSSR count). The van der Waals surface area contributed by atoms with Gasteiger partial charge in [0, 0.05) is 25.0 Å². The Morgan fingerprint density at radius 3 is 2.11 bits per heavy atom. The van der Waals surface area contributed by atoms with E-state index < -0.39 is 21.6 Å². The van der Waals surface area contributed by atoms with Crippen molar-refractivity contribution in [1.82, 2.24) is 10.2 Å². The normalized spacial score (nSPS) is 12.7. The summed E-state index contributed by atoms with van der Waals surface area (Å²) in [5.41, 5.74) is 2.73. The molecule has 0 fully saturated rings. The molecule has 2 aromatic rings. The zero-order chi connectivity index (χ0) is 28.1. The van der Waals surface area contributed by atoms with Gasteiger partial charge in [-0.2, -0.15) is 0 Å². The second-order valence-electron chi connectivity index (χ2n) is 10.5. The highest BCUT2D eigenvalue weighted by molar-refractivity contribution is 7.92. The molecule has 204 valence electrons. The summed E-state index contributed by atoms with van der Waals surface area (Å²) in [4.78, 5) is 27.8. The average Bonchev–Trinajstić information content (AvgIpc) is 2.74. The van der Waals surface area contributed by atoms with Crippen molar-refractivity contribution in [3.63, 3.8) is 0 Å². The molecule has 0 saturated heterocycles. The van der Waals surface area contributed by atoms with Crippen molar-refractivity contribution in [2.45, 2.75) is 72.5 Å². The van der Waals surface area contributed by atoms with E-state index in [1.54, 1.807) is 25.1 Å². The Bertz CT molecular complexity index is 1220. The molecule has 0 aliphatic carbocycles. The van der Waals surface area contributed by atoms with Crippen LogP contribution in [0.25, 0.3) is 0 Å². The van der Waals surface area contributed by atoms with Gasteiger partial charge in [0.15, 0.2) is 0 Å². The molecule has 0 unspecified atom stereocenters. The Morgan fingerprint density at radius 1 is 1.00 bits per heavy atom. The van der Waals surface area contributed by atoms with Gasteiger partial charge in [0.1, 0.15) is 6.04 Å². The fraction of sp³-hybridized carbons (Fsp3) is 0.481. The summed E-state index contributed by atoms with van der Waals surface area (Å²) >= 11 is 12.2. The Hall–Kier alpha value is -2.29. The van der Waals surface area contributed by atoms with E-state index in [1.807, 2.05) is 52.8 Å². The van der Waals surface area contributed by atoms with Crippen LogP contribution in [0.2, 0.25) is 10.0 Å². The van der Waals surface area contributed by atoms with E-state index in [9.17, 15) is 18.0 Å². The van der Waals surface area contributed by atoms with Crippen molar-refractivity contribution in [3.8, 4) is 0 Å². The lowest BCUT2D eigenvalue weighted by molar-refractivity contribution is -0.141. The molecule has 0 aromatic heterocycles. The van der Waals surface area contributed by atoms with Crippen molar-refractivity contribution >= 4 is 50.7 Å². The van der Waals surface area contributed by atoms with Gasteiger partial charge in [0.2, 0.25) is 21.8 Å². The summed E-state index contributed by atoms with van der Waals surface area (Å²) in [6.45, 7) is 11.4.